The number of aliphatic hydroxyl groups excluding tert-OH is 1. The molecule has 4 N–H and O–H groups in total. The van der Waals surface area contributed by atoms with E-state index in [2.05, 4.69) is 15.4 Å². The van der Waals surface area contributed by atoms with E-state index >= 15 is 0 Å². The molecular weight excluding hydrogens is 244 g/mol. The molecule has 0 radical (unpaired) electrons. The number of hydrazone groups is 1. The molecule has 0 fully saturated rings. The summed E-state index contributed by atoms with van der Waals surface area (Å²) in [5, 5.41) is 16.0. The second kappa shape index (κ2) is 5.45. The molecule has 1 aliphatic rings. The van der Waals surface area contributed by atoms with Crippen molar-refractivity contribution in [1.29, 1.82) is 0 Å². The number of amides is 1. The summed E-state index contributed by atoms with van der Waals surface area (Å²) in [6.07, 6.45) is 0.304. The lowest BCUT2D eigenvalue weighted by molar-refractivity contribution is -0.112. The number of hydrogen-bond acceptors (Lipinski definition) is 5. The van der Waals surface area contributed by atoms with E-state index in [0.717, 1.165) is 0 Å². The maximum Gasteiger partial charge on any atom is 0.259 e. The molecule has 1 aromatic carbocycles. The SMILES string of the molecule is CC1=NC=C(C(=O)Nc2ccccc2)C(=NN)C1O. The number of rotatable bonds is 2. The number of para-hydroxylation sites is 1. The molecular formula is C13H14N4O2. The first-order valence-corrected chi connectivity index (χ1v) is 5.70. The van der Waals surface area contributed by atoms with Gasteiger partial charge in [0.2, 0.25) is 0 Å². The van der Waals surface area contributed by atoms with Crippen LogP contribution in [0.3, 0.4) is 0 Å². The number of nitrogens with zero attached hydrogens (tertiary/aromatic N) is 2. The highest BCUT2D eigenvalue weighted by molar-refractivity contribution is 6.32. The molecule has 1 atom stereocenters. The van der Waals surface area contributed by atoms with E-state index in [9.17, 15) is 9.90 Å². The molecule has 0 saturated heterocycles. The molecule has 0 aliphatic carbocycles. The summed E-state index contributed by atoms with van der Waals surface area (Å²) < 4.78 is 0. The monoisotopic (exact) mass is 258 g/mol. The van der Waals surface area contributed by atoms with Crippen LogP contribution < -0.4 is 11.2 Å². The van der Waals surface area contributed by atoms with Crippen LogP contribution in [0.5, 0.6) is 0 Å². The number of anilines is 1. The normalized spacial score (nSPS) is 20.7. The quantitative estimate of drug-likeness (QED) is 0.536. The van der Waals surface area contributed by atoms with Gasteiger partial charge in [-0.25, -0.2) is 0 Å². The van der Waals surface area contributed by atoms with Crippen LogP contribution in [-0.4, -0.2) is 28.5 Å². The lowest BCUT2D eigenvalue weighted by atomic mass is 10.00. The van der Waals surface area contributed by atoms with E-state index < -0.39 is 12.0 Å². The molecule has 0 spiro atoms. The molecule has 1 unspecified atom stereocenters. The highest BCUT2D eigenvalue weighted by Crippen LogP contribution is 2.14. The molecule has 2 rings (SSSR count). The third kappa shape index (κ3) is 2.69. The molecule has 0 aromatic heterocycles. The second-order valence-corrected chi connectivity index (χ2v) is 4.05. The topological polar surface area (TPSA) is 100 Å². The summed E-state index contributed by atoms with van der Waals surface area (Å²) in [4.78, 5) is 16.1. The minimum atomic E-state index is -1.05. The lowest BCUT2D eigenvalue weighted by Crippen LogP contribution is -2.37. The van der Waals surface area contributed by atoms with Crippen molar-refractivity contribution in [3.8, 4) is 0 Å². The fourth-order valence-electron chi connectivity index (χ4n) is 1.68. The summed E-state index contributed by atoms with van der Waals surface area (Å²) >= 11 is 0. The van der Waals surface area contributed by atoms with Crippen LogP contribution >= 0.6 is 0 Å². The highest BCUT2D eigenvalue weighted by Gasteiger charge is 2.27. The largest absolute Gasteiger partial charge is 0.381 e. The number of nitrogens with two attached hydrogens (primary N) is 1. The molecule has 19 heavy (non-hydrogen) atoms. The van der Waals surface area contributed by atoms with Crippen LogP contribution in [0.25, 0.3) is 0 Å². The van der Waals surface area contributed by atoms with Crippen molar-refractivity contribution >= 4 is 23.0 Å². The first-order valence-electron chi connectivity index (χ1n) is 5.70. The Labute approximate surface area is 110 Å². The van der Waals surface area contributed by atoms with Crippen LogP contribution in [0.4, 0.5) is 5.69 Å². The Morgan fingerprint density at radius 3 is 2.74 bits per heavy atom. The zero-order valence-electron chi connectivity index (χ0n) is 10.4. The molecule has 0 saturated carbocycles. The van der Waals surface area contributed by atoms with Gasteiger partial charge in [0.1, 0.15) is 11.8 Å². The fourth-order valence-corrected chi connectivity index (χ4v) is 1.68. The van der Waals surface area contributed by atoms with Gasteiger partial charge in [-0.05, 0) is 19.1 Å². The van der Waals surface area contributed by atoms with E-state index in [1.165, 1.54) is 6.20 Å². The van der Waals surface area contributed by atoms with Gasteiger partial charge in [0.15, 0.2) is 0 Å². The predicted octanol–water partition coefficient (Wildman–Crippen LogP) is 0.659. The minimum Gasteiger partial charge on any atom is -0.381 e. The van der Waals surface area contributed by atoms with Crippen LogP contribution in [-0.2, 0) is 4.79 Å². The Bertz CT molecular complexity index is 576. The van der Waals surface area contributed by atoms with Crippen molar-refractivity contribution in [2.24, 2.45) is 15.9 Å². The third-order valence-corrected chi connectivity index (χ3v) is 2.74. The maximum absolute atomic E-state index is 12.1. The van der Waals surface area contributed by atoms with Gasteiger partial charge in [0.25, 0.3) is 5.91 Å². The Morgan fingerprint density at radius 2 is 2.11 bits per heavy atom. The smallest absolute Gasteiger partial charge is 0.259 e. The van der Waals surface area contributed by atoms with Gasteiger partial charge < -0.3 is 16.3 Å². The molecule has 1 aliphatic heterocycles. The number of benzene rings is 1. The number of carbonyl (C=O) groups is 1. The minimum absolute atomic E-state index is 0.112. The first-order chi connectivity index (χ1) is 9.13. The number of carbonyl (C=O) groups excluding carboxylic acids is 1. The van der Waals surface area contributed by atoms with Gasteiger partial charge in [-0.2, -0.15) is 5.10 Å². The third-order valence-electron chi connectivity index (χ3n) is 2.74. The summed E-state index contributed by atoms with van der Waals surface area (Å²) in [6.45, 7) is 1.64. The van der Waals surface area contributed by atoms with Crippen molar-refractivity contribution in [2.75, 3.05) is 5.32 Å². The zero-order valence-corrected chi connectivity index (χ0v) is 10.4. The number of aliphatic hydroxyl groups is 1. The average Bonchev–Trinajstić information content (AvgIpc) is 2.42. The lowest BCUT2D eigenvalue weighted by Gasteiger charge is -2.18. The Hall–Kier alpha value is -2.47. The van der Waals surface area contributed by atoms with E-state index in [-0.39, 0.29) is 11.3 Å². The molecule has 98 valence electrons. The van der Waals surface area contributed by atoms with Crippen molar-refractivity contribution in [2.45, 2.75) is 13.0 Å². The van der Waals surface area contributed by atoms with Gasteiger partial charge in [0.05, 0.1) is 5.57 Å². The Morgan fingerprint density at radius 1 is 1.42 bits per heavy atom. The number of nitrogens with one attached hydrogen (secondary N) is 1. The molecule has 1 heterocycles. The average molecular weight is 258 g/mol. The predicted molar refractivity (Wildman–Crippen MR) is 73.9 cm³/mol. The Kier molecular flexibility index (Phi) is 3.72. The van der Waals surface area contributed by atoms with Crippen molar-refractivity contribution in [3.63, 3.8) is 0 Å². The van der Waals surface area contributed by atoms with Gasteiger partial charge >= 0.3 is 0 Å². The zero-order chi connectivity index (χ0) is 13.8. The van der Waals surface area contributed by atoms with Crippen LogP contribution in [0.2, 0.25) is 0 Å². The van der Waals surface area contributed by atoms with E-state index in [1.807, 2.05) is 6.07 Å². The molecule has 1 aromatic rings. The first kappa shape index (κ1) is 13.0. The van der Waals surface area contributed by atoms with Crippen molar-refractivity contribution < 1.29 is 9.90 Å². The maximum atomic E-state index is 12.1. The standard InChI is InChI=1S/C13H14N4O2/c1-8-12(18)11(17-14)10(7-15-8)13(19)16-9-5-3-2-4-6-9/h2-7,12,18H,14H2,1H3,(H,16,19). The van der Waals surface area contributed by atoms with E-state index in [1.54, 1.807) is 31.2 Å². The van der Waals surface area contributed by atoms with Crippen molar-refractivity contribution in [3.05, 3.63) is 42.1 Å². The summed E-state index contributed by atoms with van der Waals surface area (Å²) in [5.74, 6) is 4.82. The van der Waals surface area contributed by atoms with Gasteiger partial charge in [-0.1, -0.05) is 18.2 Å². The summed E-state index contributed by atoms with van der Waals surface area (Å²) in [6, 6.07) is 8.97. The van der Waals surface area contributed by atoms with Crippen LogP contribution in [0.15, 0.2) is 52.2 Å². The summed E-state index contributed by atoms with van der Waals surface area (Å²) in [5.41, 5.74) is 1.36. The molecule has 1 amide bonds. The Balaban J connectivity index is 2.24. The van der Waals surface area contributed by atoms with Crippen LogP contribution in [0.1, 0.15) is 6.92 Å². The second-order valence-electron chi connectivity index (χ2n) is 4.05. The van der Waals surface area contributed by atoms with Crippen LogP contribution in [0, 0.1) is 0 Å². The van der Waals surface area contributed by atoms with E-state index in [0.29, 0.717) is 11.4 Å². The summed E-state index contributed by atoms with van der Waals surface area (Å²) in [7, 11) is 0. The van der Waals surface area contributed by atoms with Gasteiger partial charge in [0, 0.05) is 17.6 Å². The molecule has 0 bridgehead atoms. The fraction of sp³-hybridized carbons (Fsp3) is 0.154. The molecule has 6 nitrogen and oxygen atoms in total. The van der Waals surface area contributed by atoms with Gasteiger partial charge in [-0.3, -0.25) is 9.79 Å². The molecule has 6 heteroatoms. The van der Waals surface area contributed by atoms with E-state index in [4.69, 9.17) is 5.84 Å². The highest BCUT2D eigenvalue weighted by atomic mass is 16.3. The van der Waals surface area contributed by atoms with Gasteiger partial charge in [-0.15, -0.1) is 0 Å². The number of hydrogen-bond donors (Lipinski definition) is 3. The number of aliphatic imine (C=N–C) groups is 1. The van der Waals surface area contributed by atoms with Crippen molar-refractivity contribution in [1.82, 2.24) is 0 Å².